The molecular formula is C14H16N2O3. The van der Waals surface area contributed by atoms with Crippen molar-refractivity contribution in [1.82, 2.24) is 5.16 Å². The van der Waals surface area contributed by atoms with Gasteiger partial charge in [-0.1, -0.05) is 5.16 Å². The smallest absolute Gasteiger partial charge is 0.140 e. The number of nitrogens with two attached hydrogens (primary N) is 1. The molecule has 1 aliphatic heterocycles. The van der Waals surface area contributed by atoms with Crippen molar-refractivity contribution in [1.29, 1.82) is 0 Å². The minimum absolute atomic E-state index is 0.0355. The van der Waals surface area contributed by atoms with Crippen LogP contribution in [-0.4, -0.2) is 11.8 Å². The summed E-state index contributed by atoms with van der Waals surface area (Å²) in [6.07, 6.45) is 0. The van der Waals surface area contributed by atoms with Gasteiger partial charge in [-0.05, 0) is 26.0 Å². The number of hydrogen-bond acceptors (Lipinski definition) is 5. The molecule has 1 aromatic carbocycles. The highest BCUT2D eigenvalue weighted by Crippen LogP contribution is 2.34. The summed E-state index contributed by atoms with van der Waals surface area (Å²) in [6.45, 7) is 4.75. The van der Waals surface area contributed by atoms with E-state index >= 15 is 0 Å². The molecule has 1 aliphatic rings. The van der Waals surface area contributed by atoms with Gasteiger partial charge >= 0.3 is 0 Å². The molecule has 0 bridgehead atoms. The van der Waals surface area contributed by atoms with Crippen LogP contribution in [0.2, 0.25) is 0 Å². The van der Waals surface area contributed by atoms with Gasteiger partial charge in [-0.15, -0.1) is 0 Å². The number of benzene rings is 1. The summed E-state index contributed by atoms with van der Waals surface area (Å²) in [5, 5.41) is 3.90. The normalized spacial score (nSPS) is 17.1. The molecule has 5 nitrogen and oxygen atoms in total. The van der Waals surface area contributed by atoms with E-state index in [2.05, 4.69) is 5.16 Å². The SMILES string of the molecule is Cc1noc(C)c1COc1ccc2c(c1)OCC2N. The van der Waals surface area contributed by atoms with Gasteiger partial charge in [0.25, 0.3) is 0 Å². The van der Waals surface area contributed by atoms with E-state index < -0.39 is 0 Å². The average molecular weight is 260 g/mol. The van der Waals surface area contributed by atoms with Crippen LogP contribution in [0.4, 0.5) is 0 Å². The second kappa shape index (κ2) is 4.59. The topological polar surface area (TPSA) is 70.5 Å². The number of hydrogen-bond donors (Lipinski definition) is 1. The second-order valence-corrected chi connectivity index (χ2v) is 4.71. The predicted molar refractivity (Wildman–Crippen MR) is 69.2 cm³/mol. The number of aromatic nitrogens is 1. The minimum Gasteiger partial charge on any atom is -0.491 e. The molecule has 1 aromatic heterocycles. The standard InChI is InChI=1S/C14H16N2O3/c1-8-12(9(2)19-16-8)6-17-10-3-4-11-13(15)7-18-14(11)5-10/h3-5,13H,6-7,15H2,1-2H3. The molecule has 0 saturated heterocycles. The van der Waals surface area contributed by atoms with E-state index in [9.17, 15) is 0 Å². The molecule has 0 radical (unpaired) electrons. The van der Waals surface area contributed by atoms with Crippen LogP contribution < -0.4 is 15.2 Å². The number of rotatable bonds is 3. The Morgan fingerprint density at radius 2 is 2.26 bits per heavy atom. The van der Waals surface area contributed by atoms with Gasteiger partial charge in [0.05, 0.1) is 17.3 Å². The lowest BCUT2D eigenvalue weighted by atomic mass is 10.1. The van der Waals surface area contributed by atoms with Crippen LogP contribution in [-0.2, 0) is 6.61 Å². The van der Waals surface area contributed by atoms with Crippen LogP contribution in [0.5, 0.6) is 11.5 Å². The third-order valence-electron chi connectivity index (χ3n) is 3.37. The maximum atomic E-state index is 5.90. The first kappa shape index (κ1) is 12.0. The third-order valence-corrected chi connectivity index (χ3v) is 3.37. The molecule has 3 rings (SSSR count). The molecule has 1 atom stereocenters. The first-order valence-corrected chi connectivity index (χ1v) is 6.22. The number of aryl methyl sites for hydroxylation is 2. The summed E-state index contributed by atoms with van der Waals surface area (Å²) in [5.41, 5.74) is 8.78. The summed E-state index contributed by atoms with van der Waals surface area (Å²) >= 11 is 0. The van der Waals surface area contributed by atoms with E-state index in [-0.39, 0.29) is 6.04 Å². The summed E-state index contributed by atoms with van der Waals surface area (Å²) in [7, 11) is 0. The van der Waals surface area contributed by atoms with Gasteiger partial charge < -0.3 is 19.7 Å². The van der Waals surface area contributed by atoms with Crippen molar-refractivity contribution in [2.45, 2.75) is 26.5 Å². The van der Waals surface area contributed by atoms with Crippen LogP contribution in [0, 0.1) is 13.8 Å². The van der Waals surface area contributed by atoms with Gasteiger partial charge in [0.2, 0.25) is 0 Å². The van der Waals surface area contributed by atoms with E-state index in [0.717, 1.165) is 34.1 Å². The molecule has 2 heterocycles. The fourth-order valence-electron chi connectivity index (χ4n) is 2.17. The van der Waals surface area contributed by atoms with E-state index in [4.69, 9.17) is 19.7 Å². The highest BCUT2D eigenvalue weighted by Gasteiger charge is 2.21. The summed E-state index contributed by atoms with van der Waals surface area (Å²) in [6, 6.07) is 5.70. The predicted octanol–water partition coefficient (Wildman–Crippen LogP) is 2.26. The van der Waals surface area contributed by atoms with Crippen molar-refractivity contribution >= 4 is 0 Å². The number of nitrogens with zero attached hydrogens (tertiary/aromatic N) is 1. The van der Waals surface area contributed by atoms with Crippen LogP contribution in [0.1, 0.15) is 28.6 Å². The van der Waals surface area contributed by atoms with E-state index in [0.29, 0.717) is 13.2 Å². The van der Waals surface area contributed by atoms with E-state index in [1.54, 1.807) is 0 Å². The molecule has 0 saturated carbocycles. The van der Waals surface area contributed by atoms with E-state index in [1.165, 1.54) is 0 Å². The Labute approximate surface area is 111 Å². The first-order valence-electron chi connectivity index (χ1n) is 6.22. The molecule has 0 amide bonds. The highest BCUT2D eigenvalue weighted by molar-refractivity contribution is 5.44. The Bertz CT molecular complexity index is 587. The lowest BCUT2D eigenvalue weighted by Gasteiger charge is -2.07. The van der Waals surface area contributed by atoms with Gasteiger partial charge in [0, 0.05) is 11.6 Å². The largest absolute Gasteiger partial charge is 0.491 e. The van der Waals surface area contributed by atoms with Crippen LogP contribution in [0.25, 0.3) is 0 Å². The fourth-order valence-corrected chi connectivity index (χ4v) is 2.17. The number of ether oxygens (including phenoxy) is 2. The molecule has 0 spiro atoms. The Morgan fingerprint density at radius 3 is 3.00 bits per heavy atom. The lowest BCUT2D eigenvalue weighted by Crippen LogP contribution is -2.10. The molecule has 19 heavy (non-hydrogen) atoms. The monoisotopic (exact) mass is 260 g/mol. The highest BCUT2D eigenvalue weighted by atomic mass is 16.5. The Balaban J connectivity index is 1.75. The first-order chi connectivity index (χ1) is 9.15. The zero-order valence-corrected chi connectivity index (χ0v) is 11.0. The van der Waals surface area contributed by atoms with Gasteiger partial charge in [0.1, 0.15) is 30.5 Å². The minimum atomic E-state index is -0.0355. The molecular weight excluding hydrogens is 244 g/mol. The van der Waals surface area contributed by atoms with Gasteiger partial charge in [-0.25, -0.2) is 0 Å². The Morgan fingerprint density at radius 1 is 1.42 bits per heavy atom. The summed E-state index contributed by atoms with van der Waals surface area (Å²) < 4.78 is 16.4. The third kappa shape index (κ3) is 2.17. The zero-order valence-electron chi connectivity index (χ0n) is 11.0. The summed E-state index contributed by atoms with van der Waals surface area (Å²) in [4.78, 5) is 0. The van der Waals surface area contributed by atoms with Crippen molar-refractivity contribution in [2.75, 3.05) is 6.61 Å². The van der Waals surface area contributed by atoms with Crippen molar-refractivity contribution in [3.8, 4) is 11.5 Å². The molecule has 100 valence electrons. The maximum absolute atomic E-state index is 5.90. The van der Waals surface area contributed by atoms with Gasteiger partial charge in [-0.2, -0.15) is 0 Å². The molecule has 5 heteroatoms. The molecule has 2 aromatic rings. The van der Waals surface area contributed by atoms with Crippen molar-refractivity contribution in [3.05, 3.63) is 40.8 Å². The Kier molecular flexibility index (Phi) is 2.91. The molecule has 0 aliphatic carbocycles. The molecule has 0 fully saturated rings. The zero-order chi connectivity index (χ0) is 13.4. The fraction of sp³-hybridized carbons (Fsp3) is 0.357. The average Bonchev–Trinajstić information content (AvgIpc) is 2.92. The van der Waals surface area contributed by atoms with Crippen LogP contribution >= 0.6 is 0 Å². The maximum Gasteiger partial charge on any atom is 0.140 e. The summed E-state index contributed by atoms with van der Waals surface area (Å²) in [5.74, 6) is 2.36. The quantitative estimate of drug-likeness (QED) is 0.916. The molecule has 2 N–H and O–H groups in total. The van der Waals surface area contributed by atoms with Crippen molar-refractivity contribution < 1.29 is 14.0 Å². The molecule has 1 unspecified atom stereocenters. The van der Waals surface area contributed by atoms with Crippen molar-refractivity contribution in [2.24, 2.45) is 5.73 Å². The van der Waals surface area contributed by atoms with Crippen molar-refractivity contribution in [3.63, 3.8) is 0 Å². The second-order valence-electron chi connectivity index (χ2n) is 4.71. The number of fused-ring (bicyclic) bond motifs is 1. The Hall–Kier alpha value is -2.01. The lowest BCUT2D eigenvalue weighted by molar-refractivity contribution is 0.297. The van der Waals surface area contributed by atoms with Gasteiger partial charge in [-0.3, -0.25) is 0 Å². The van der Waals surface area contributed by atoms with Crippen LogP contribution in [0.15, 0.2) is 22.7 Å². The van der Waals surface area contributed by atoms with Gasteiger partial charge in [0.15, 0.2) is 0 Å². The van der Waals surface area contributed by atoms with E-state index in [1.807, 2.05) is 32.0 Å². The van der Waals surface area contributed by atoms with Crippen LogP contribution in [0.3, 0.4) is 0 Å².